The van der Waals surface area contributed by atoms with Gasteiger partial charge in [-0.05, 0) is 23.8 Å². The van der Waals surface area contributed by atoms with Gasteiger partial charge in [0.05, 0.1) is 44.6 Å². The van der Waals surface area contributed by atoms with Crippen LogP contribution >= 0.6 is 0 Å². The number of carbonyl (C=O) groups is 2. The van der Waals surface area contributed by atoms with Gasteiger partial charge >= 0.3 is 12.1 Å². The van der Waals surface area contributed by atoms with Crippen LogP contribution in [-0.2, 0) is 4.79 Å². The third-order valence-electron chi connectivity index (χ3n) is 6.22. The number of aromatic amines is 1. The highest BCUT2D eigenvalue weighted by Gasteiger charge is 2.38. The summed E-state index contributed by atoms with van der Waals surface area (Å²) in [6.07, 6.45) is 1.96. The van der Waals surface area contributed by atoms with Crippen LogP contribution in [0.25, 0.3) is 22.3 Å². The van der Waals surface area contributed by atoms with Crippen molar-refractivity contribution in [2.24, 2.45) is 0 Å². The lowest BCUT2D eigenvalue weighted by Gasteiger charge is -2.16. The standard InChI is InChI=1S/C27H23N7O3.C2HF3O2/c1-36-21-11-20(12-22(13-21)37-2)33-27(35)18-5-3-4-17(10-18)24(6-8-28)34-15-19(14-32-34)25-23-7-9-29-26(23)31-16-30-25;3-2(4,5)1(6)7/h3-5,7,9-16,24H,6H2,1-2H3,(H,33,35)(H,29,30,31);(H,6,7). The van der Waals surface area contributed by atoms with Crippen molar-refractivity contribution in [2.45, 2.75) is 18.6 Å². The fraction of sp³-hybridized carbons (Fsp3) is 0.172. The number of carbonyl (C=O) groups excluding carboxylic acids is 1. The molecule has 0 fully saturated rings. The first-order valence-corrected chi connectivity index (χ1v) is 12.7. The van der Waals surface area contributed by atoms with Gasteiger partial charge < -0.3 is 24.9 Å². The summed E-state index contributed by atoms with van der Waals surface area (Å²) in [7, 11) is 3.09. The van der Waals surface area contributed by atoms with Crippen LogP contribution in [0.2, 0.25) is 0 Å². The fourth-order valence-electron chi connectivity index (χ4n) is 4.15. The number of aliphatic carboxylic acids is 1. The van der Waals surface area contributed by atoms with Crippen LogP contribution in [0.15, 0.2) is 73.4 Å². The maximum absolute atomic E-state index is 13.1. The highest BCUT2D eigenvalue weighted by Crippen LogP contribution is 2.29. The number of nitriles is 1. The Labute approximate surface area is 247 Å². The Bertz CT molecular complexity index is 1810. The number of anilines is 1. The van der Waals surface area contributed by atoms with Gasteiger partial charge in [0.15, 0.2) is 0 Å². The van der Waals surface area contributed by atoms with Crippen LogP contribution < -0.4 is 14.8 Å². The zero-order valence-electron chi connectivity index (χ0n) is 23.2. The molecule has 226 valence electrons. The molecule has 0 aliphatic carbocycles. The number of carboxylic acid groups (broad SMARTS) is 1. The summed E-state index contributed by atoms with van der Waals surface area (Å²) >= 11 is 0. The second kappa shape index (κ2) is 13.4. The summed E-state index contributed by atoms with van der Waals surface area (Å²) in [5.74, 6) is -1.93. The van der Waals surface area contributed by atoms with Gasteiger partial charge in [0.25, 0.3) is 5.91 Å². The lowest BCUT2D eigenvalue weighted by Crippen LogP contribution is -2.21. The van der Waals surface area contributed by atoms with E-state index in [1.165, 1.54) is 6.33 Å². The monoisotopic (exact) mass is 607 g/mol. The minimum atomic E-state index is -5.08. The molecule has 1 atom stereocenters. The smallest absolute Gasteiger partial charge is 0.490 e. The predicted molar refractivity (Wildman–Crippen MR) is 151 cm³/mol. The lowest BCUT2D eigenvalue weighted by atomic mass is 10.0. The number of hydrogen-bond donors (Lipinski definition) is 3. The zero-order valence-corrected chi connectivity index (χ0v) is 23.2. The molecule has 3 heterocycles. The second-order valence-electron chi connectivity index (χ2n) is 9.03. The molecule has 15 heteroatoms. The number of hydrogen-bond acceptors (Lipinski definition) is 8. The van der Waals surface area contributed by atoms with Gasteiger partial charge in [0, 0.05) is 52.8 Å². The second-order valence-corrected chi connectivity index (χ2v) is 9.03. The number of ether oxygens (including phenoxy) is 2. The van der Waals surface area contributed by atoms with E-state index >= 15 is 0 Å². The fourth-order valence-corrected chi connectivity index (χ4v) is 4.15. The van der Waals surface area contributed by atoms with Crippen molar-refractivity contribution in [3.63, 3.8) is 0 Å². The van der Waals surface area contributed by atoms with E-state index in [9.17, 15) is 23.2 Å². The first-order valence-electron chi connectivity index (χ1n) is 12.7. The van der Waals surface area contributed by atoms with E-state index in [0.29, 0.717) is 22.7 Å². The van der Waals surface area contributed by atoms with Crippen molar-refractivity contribution in [1.82, 2.24) is 24.7 Å². The van der Waals surface area contributed by atoms with Crippen molar-refractivity contribution in [3.8, 4) is 28.8 Å². The van der Waals surface area contributed by atoms with Crippen molar-refractivity contribution in [3.05, 3.63) is 84.6 Å². The Morgan fingerprint density at radius 2 is 1.82 bits per heavy atom. The molecule has 0 aliphatic heterocycles. The molecule has 0 bridgehead atoms. The molecule has 44 heavy (non-hydrogen) atoms. The average Bonchev–Trinajstić information content (AvgIpc) is 3.70. The number of fused-ring (bicyclic) bond motifs is 1. The summed E-state index contributed by atoms with van der Waals surface area (Å²) in [5.41, 5.74) is 4.04. The van der Waals surface area contributed by atoms with E-state index in [2.05, 4.69) is 31.4 Å². The molecule has 1 unspecified atom stereocenters. The van der Waals surface area contributed by atoms with Crippen molar-refractivity contribution in [1.29, 1.82) is 5.26 Å². The number of nitrogens with one attached hydrogen (secondary N) is 2. The van der Waals surface area contributed by atoms with E-state index in [-0.39, 0.29) is 12.3 Å². The summed E-state index contributed by atoms with van der Waals surface area (Å²) in [6.45, 7) is 0. The van der Waals surface area contributed by atoms with Crippen LogP contribution in [0.1, 0.15) is 28.4 Å². The maximum Gasteiger partial charge on any atom is 0.490 e. The van der Waals surface area contributed by atoms with Crippen LogP contribution in [0.5, 0.6) is 11.5 Å². The van der Waals surface area contributed by atoms with Gasteiger partial charge in [-0.25, -0.2) is 14.8 Å². The topological polar surface area (TPSA) is 168 Å². The minimum absolute atomic E-state index is 0.169. The summed E-state index contributed by atoms with van der Waals surface area (Å²) < 4.78 is 44.0. The number of nitrogens with zero attached hydrogens (tertiary/aromatic N) is 5. The molecule has 0 radical (unpaired) electrons. The summed E-state index contributed by atoms with van der Waals surface area (Å²) in [5, 5.41) is 25.0. The quantitative estimate of drug-likeness (QED) is 0.214. The van der Waals surface area contributed by atoms with Gasteiger partial charge in [0.1, 0.15) is 23.5 Å². The molecule has 0 spiro atoms. The van der Waals surface area contributed by atoms with Gasteiger partial charge in [-0.1, -0.05) is 12.1 Å². The molecule has 0 saturated carbocycles. The van der Waals surface area contributed by atoms with Crippen LogP contribution in [0.4, 0.5) is 18.9 Å². The van der Waals surface area contributed by atoms with Crippen molar-refractivity contribution >= 4 is 28.6 Å². The first kappa shape index (κ1) is 31.0. The van der Waals surface area contributed by atoms with Gasteiger partial charge in [-0.15, -0.1) is 0 Å². The van der Waals surface area contributed by atoms with E-state index in [1.807, 2.05) is 24.5 Å². The zero-order chi connectivity index (χ0) is 31.9. The van der Waals surface area contributed by atoms with E-state index in [1.54, 1.807) is 61.5 Å². The Morgan fingerprint density at radius 1 is 1.11 bits per heavy atom. The van der Waals surface area contributed by atoms with Gasteiger partial charge in [-0.2, -0.15) is 23.5 Å². The summed E-state index contributed by atoms with van der Waals surface area (Å²) in [4.78, 5) is 33.7. The number of halogens is 3. The van der Waals surface area contributed by atoms with Crippen LogP contribution in [-0.4, -0.2) is 62.1 Å². The number of alkyl halides is 3. The highest BCUT2D eigenvalue weighted by molar-refractivity contribution is 6.04. The molecule has 0 aliphatic rings. The predicted octanol–water partition coefficient (Wildman–Crippen LogP) is 5.23. The lowest BCUT2D eigenvalue weighted by molar-refractivity contribution is -0.192. The number of benzene rings is 2. The molecule has 3 N–H and O–H groups in total. The molecular weight excluding hydrogens is 583 g/mol. The molecule has 2 aromatic carbocycles. The van der Waals surface area contributed by atoms with Crippen LogP contribution in [0.3, 0.4) is 0 Å². The highest BCUT2D eigenvalue weighted by atomic mass is 19.4. The molecule has 1 amide bonds. The number of amides is 1. The maximum atomic E-state index is 13.1. The van der Waals surface area contributed by atoms with Crippen molar-refractivity contribution in [2.75, 3.05) is 19.5 Å². The number of aromatic nitrogens is 5. The van der Waals surface area contributed by atoms with Crippen molar-refractivity contribution < 1.29 is 37.3 Å². The Kier molecular flexibility index (Phi) is 9.44. The largest absolute Gasteiger partial charge is 0.497 e. The minimum Gasteiger partial charge on any atom is -0.497 e. The molecule has 0 saturated heterocycles. The Morgan fingerprint density at radius 3 is 2.45 bits per heavy atom. The third-order valence-corrected chi connectivity index (χ3v) is 6.22. The molecular formula is C29H24F3N7O5. The third kappa shape index (κ3) is 7.29. The molecule has 5 aromatic rings. The van der Waals surface area contributed by atoms with Gasteiger partial charge in [0.2, 0.25) is 0 Å². The SMILES string of the molecule is COc1cc(NC(=O)c2cccc(C(CC#N)n3cc(-c4ncnc5[nH]ccc45)cn3)c2)cc(OC)c1.O=C(O)C(F)(F)F. The van der Waals surface area contributed by atoms with E-state index in [0.717, 1.165) is 27.9 Å². The normalized spacial score (nSPS) is 11.5. The van der Waals surface area contributed by atoms with Gasteiger partial charge in [-0.3, -0.25) is 9.48 Å². The number of rotatable bonds is 8. The Hall–Kier alpha value is -5.91. The van der Waals surface area contributed by atoms with E-state index in [4.69, 9.17) is 19.4 Å². The first-order chi connectivity index (χ1) is 21.0. The molecule has 3 aromatic heterocycles. The number of H-pyrrole nitrogens is 1. The number of carboxylic acids is 1. The number of methoxy groups -OCH3 is 2. The summed E-state index contributed by atoms with van der Waals surface area (Å²) in [6, 6.07) is 16.1. The molecule has 12 nitrogen and oxygen atoms in total. The van der Waals surface area contributed by atoms with E-state index < -0.39 is 18.2 Å². The Balaban J connectivity index is 0.000000566. The average molecular weight is 608 g/mol. The molecule has 5 rings (SSSR count). The van der Waals surface area contributed by atoms with Crippen LogP contribution in [0, 0.1) is 11.3 Å².